The van der Waals surface area contributed by atoms with Crippen LogP contribution in [0.3, 0.4) is 0 Å². The smallest absolute Gasteiger partial charge is 0.326 e. The molecule has 0 radical (unpaired) electrons. The summed E-state index contributed by atoms with van der Waals surface area (Å²) in [7, 11) is 2.99. The zero-order valence-corrected chi connectivity index (χ0v) is 19.9. The summed E-state index contributed by atoms with van der Waals surface area (Å²) >= 11 is 0. The minimum absolute atomic E-state index is 0.0636. The van der Waals surface area contributed by atoms with Crippen molar-refractivity contribution >= 4 is 5.97 Å². The van der Waals surface area contributed by atoms with Crippen molar-refractivity contribution in [1.82, 2.24) is 5.32 Å². The van der Waals surface area contributed by atoms with E-state index in [1.165, 1.54) is 7.11 Å². The van der Waals surface area contributed by atoms with Gasteiger partial charge in [-0.05, 0) is 28.8 Å². The maximum Gasteiger partial charge on any atom is 0.326 e. The summed E-state index contributed by atoms with van der Waals surface area (Å²) in [6.07, 6.45) is 0. The summed E-state index contributed by atoms with van der Waals surface area (Å²) in [5.74, 6) is 0.863. The van der Waals surface area contributed by atoms with Gasteiger partial charge in [0.15, 0.2) is 0 Å². The molecule has 0 aliphatic rings. The minimum Gasteiger partial charge on any atom is -0.497 e. The predicted molar refractivity (Wildman–Crippen MR) is 137 cm³/mol. The van der Waals surface area contributed by atoms with E-state index in [-0.39, 0.29) is 6.61 Å². The molecular weight excluding hydrogens is 438 g/mol. The SMILES string of the molecule is COC(=O)C(COc1cccc(OC)c1)NC(c1ccccc1)(c1ccccc1)c1ccccc1. The van der Waals surface area contributed by atoms with Crippen LogP contribution in [0.5, 0.6) is 11.5 Å². The molecule has 4 aromatic rings. The van der Waals surface area contributed by atoms with Gasteiger partial charge < -0.3 is 14.2 Å². The third-order valence-electron chi connectivity index (χ3n) is 5.95. The Kier molecular flexibility index (Phi) is 7.81. The predicted octanol–water partition coefficient (Wildman–Crippen LogP) is 5.20. The summed E-state index contributed by atoms with van der Waals surface area (Å²) in [5, 5.41) is 3.64. The van der Waals surface area contributed by atoms with Crippen molar-refractivity contribution < 1.29 is 19.0 Å². The Bertz CT molecular complexity index is 1120. The first-order chi connectivity index (χ1) is 17.2. The molecule has 0 aliphatic carbocycles. The molecule has 1 N–H and O–H groups in total. The molecule has 5 nitrogen and oxygen atoms in total. The normalized spacial score (nSPS) is 11.9. The highest BCUT2D eigenvalue weighted by molar-refractivity contribution is 5.76. The van der Waals surface area contributed by atoms with E-state index in [0.29, 0.717) is 11.5 Å². The number of ether oxygens (including phenoxy) is 3. The lowest BCUT2D eigenvalue weighted by molar-refractivity contribution is -0.144. The monoisotopic (exact) mass is 467 g/mol. The van der Waals surface area contributed by atoms with Crippen molar-refractivity contribution in [3.8, 4) is 11.5 Å². The van der Waals surface area contributed by atoms with Gasteiger partial charge in [-0.15, -0.1) is 0 Å². The fourth-order valence-electron chi connectivity index (χ4n) is 4.26. The maximum absolute atomic E-state index is 13.0. The number of benzene rings is 4. The van der Waals surface area contributed by atoms with E-state index in [2.05, 4.69) is 41.7 Å². The zero-order chi connectivity index (χ0) is 24.5. The number of hydrogen-bond donors (Lipinski definition) is 1. The highest BCUT2D eigenvalue weighted by Crippen LogP contribution is 2.37. The van der Waals surface area contributed by atoms with Crippen molar-refractivity contribution in [2.45, 2.75) is 11.6 Å². The Morgan fingerprint density at radius 1 is 0.714 bits per heavy atom. The quantitative estimate of drug-likeness (QED) is 0.257. The molecule has 1 atom stereocenters. The fraction of sp³-hybridized carbons (Fsp3) is 0.167. The van der Waals surface area contributed by atoms with Crippen LogP contribution < -0.4 is 14.8 Å². The third-order valence-corrected chi connectivity index (χ3v) is 5.95. The molecule has 4 rings (SSSR count). The highest BCUT2D eigenvalue weighted by atomic mass is 16.5. The largest absolute Gasteiger partial charge is 0.497 e. The van der Waals surface area contributed by atoms with Crippen molar-refractivity contribution in [3.05, 3.63) is 132 Å². The van der Waals surface area contributed by atoms with Crippen LogP contribution in [0.4, 0.5) is 0 Å². The molecule has 0 saturated heterocycles. The molecule has 4 aromatic carbocycles. The molecule has 0 bridgehead atoms. The maximum atomic E-state index is 13.0. The van der Waals surface area contributed by atoms with Crippen LogP contribution in [-0.4, -0.2) is 32.8 Å². The van der Waals surface area contributed by atoms with Gasteiger partial charge in [-0.2, -0.15) is 0 Å². The van der Waals surface area contributed by atoms with E-state index in [0.717, 1.165) is 16.7 Å². The average Bonchev–Trinajstić information content (AvgIpc) is 2.94. The second kappa shape index (κ2) is 11.4. The van der Waals surface area contributed by atoms with Gasteiger partial charge in [-0.3, -0.25) is 10.1 Å². The lowest BCUT2D eigenvalue weighted by Gasteiger charge is -2.39. The first-order valence-corrected chi connectivity index (χ1v) is 11.5. The molecule has 0 spiro atoms. The Hall–Kier alpha value is -4.09. The van der Waals surface area contributed by atoms with E-state index in [1.54, 1.807) is 13.2 Å². The molecule has 0 saturated carbocycles. The van der Waals surface area contributed by atoms with E-state index in [1.807, 2.05) is 72.8 Å². The number of hydrogen-bond acceptors (Lipinski definition) is 5. The Morgan fingerprint density at radius 2 is 1.20 bits per heavy atom. The van der Waals surface area contributed by atoms with Gasteiger partial charge in [-0.25, -0.2) is 0 Å². The van der Waals surface area contributed by atoms with Crippen LogP contribution >= 0.6 is 0 Å². The summed E-state index contributed by atoms with van der Waals surface area (Å²) in [6, 6.07) is 36.8. The van der Waals surface area contributed by atoms with E-state index in [9.17, 15) is 4.79 Å². The summed E-state index contributed by atoms with van der Waals surface area (Å²) in [4.78, 5) is 13.0. The molecule has 178 valence electrons. The van der Waals surface area contributed by atoms with Crippen LogP contribution in [-0.2, 0) is 15.1 Å². The molecule has 0 fully saturated rings. The summed E-state index contributed by atoms with van der Waals surface area (Å²) in [5.41, 5.74) is 2.15. The van der Waals surface area contributed by atoms with Crippen LogP contribution in [0.1, 0.15) is 16.7 Å². The van der Waals surface area contributed by atoms with Gasteiger partial charge in [-0.1, -0.05) is 97.1 Å². The van der Waals surface area contributed by atoms with Crippen molar-refractivity contribution in [1.29, 1.82) is 0 Å². The Labute approximate surface area is 206 Å². The molecule has 0 aliphatic heterocycles. The van der Waals surface area contributed by atoms with E-state index in [4.69, 9.17) is 14.2 Å². The molecule has 0 heterocycles. The van der Waals surface area contributed by atoms with E-state index >= 15 is 0 Å². The summed E-state index contributed by atoms with van der Waals surface area (Å²) < 4.78 is 16.5. The molecule has 0 aromatic heterocycles. The number of nitrogens with one attached hydrogen (secondary N) is 1. The topological polar surface area (TPSA) is 56.8 Å². The van der Waals surface area contributed by atoms with Crippen LogP contribution in [0, 0.1) is 0 Å². The Balaban J connectivity index is 1.80. The number of rotatable bonds is 10. The van der Waals surface area contributed by atoms with Gasteiger partial charge >= 0.3 is 5.97 Å². The molecule has 1 unspecified atom stereocenters. The van der Waals surface area contributed by atoms with Crippen LogP contribution in [0.2, 0.25) is 0 Å². The van der Waals surface area contributed by atoms with Crippen LogP contribution in [0.15, 0.2) is 115 Å². The second-order valence-electron chi connectivity index (χ2n) is 8.06. The average molecular weight is 468 g/mol. The molecule has 0 amide bonds. The Morgan fingerprint density at radius 3 is 1.66 bits per heavy atom. The first-order valence-electron chi connectivity index (χ1n) is 11.5. The zero-order valence-electron chi connectivity index (χ0n) is 19.9. The second-order valence-corrected chi connectivity index (χ2v) is 8.06. The number of carbonyl (C=O) groups excluding carboxylic acids is 1. The summed E-state index contributed by atoms with van der Waals surface area (Å²) in [6.45, 7) is 0.0636. The lowest BCUT2D eigenvalue weighted by atomic mass is 9.76. The lowest BCUT2D eigenvalue weighted by Crippen LogP contribution is -2.55. The van der Waals surface area contributed by atoms with Gasteiger partial charge in [0, 0.05) is 6.07 Å². The van der Waals surface area contributed by atoms with Crippen molar-refractivity contribution in [2.24, 2.45) is 0 Å². The fourth-order valence-corrected chi connectivity index (χ4v) is 4.26. The van der Waals surface area contributed by atoms with Gasteiger partial charge in [0.2, 0.25) is 0 Å². The number of methoxy groups -OCH3 is 2. The third kappa shape index (κ3) is 5.36. The molecule has 5 heteroatoms. The van der Waals surface area contributed by atoms with E-state index < -0.39 is 17.6 Å². The standard InChI is InChI=1S/C30H29NO4/c1-33-26-19-12-20-27(21-26)35-22-28(29(32)34-2)31-30(23-13-6-3-7-14-23,24-15-8-4-9-16-24)25-17-10-5-11-18-25/h3-21,28,31H,22H2,1-2H3. The number of carbonyl (C=O) groups is 1. The minimum atomic E-state index is -0.833. The van der Waals surface area contributed by atoms with Gasteiger partial charge in [0.1, 0.15) is 24.1 Å². The molecule has 35 heavy (non-hydrogen) atoms. The number of esters is 1. The van der Waals surface area contributed by atoms with Crippen LogP contribution in [0.25, 0.3) is 0 Å². The highest BCUT2D eigenvalue weighted by Gasteiger charge is 2.40. The van der Waals surface area contributed by atoms with Gasteiger partial charge in [0.05, 0.1) is 19.8 Å². The molecular formula is C30H29NO4. The first kappa shape index (κ1) is 24.0. The van der Waals surface area contributed by atoms with Gasteiger partial charge in [0.25, 0.3) is 0 Å². The van der Waals surface area contributed by atoms with Crippen molar-refractivity contribution in [2.75, 3.05) is 20.8 Å². The van der Waals surface area contributed by atoms with Crippen molar-refractivity contribution in [3.63, 3.8) is 0 Å².